The van der Waals surface area contributed by atoms with Gasteiger partial charge in [-0.15, -0.1) is 0 Å². The maximum atomic E-state index is 12.2. The molecule has 0 aliphatic heterocycles. The van der Waals surface area contributed by atoms with E-state index in [-0.39, 0.29) is 10.8 Å². The summed E-state index contributed by atoms with van der Waals surface area (Å²) >= 11 is 5.90. The second-order valence-corrected chi connectivity index (χ2v) is 7.04. The highest BCUT2D eigenvalue weighted by Gasteiger charge is 2.12. The van der Waals surface area contributed by atoms with E-state index in [0.29, 0.717) is 29.3 Å². The number of sulfonamides is 1. The minimum atomic E-state index is -3.70. The topological polar surface area (TPSA) is 98.5 Å². The van der Waals surface area contributed by atoms with Crippen molar-refractivity contribution in [3.05, 3.63) is 58.6 Å². The maximum Gasteiger partial charge on any atom is 0.255 e. The van der Waals surface area contributed by atoms with Gasteiger partial charge < -0.3 is 10.1 Å². The van der Waals surface area contributed by atoms with E-state index < -0.39 is 10.0 Å². The lowest BCUT2D eigenvalue weighted by Crippen LogP contribution is -2.26. The molecule has 0 spiro atoms. The predicted octanol–water partition coefficient (Wildman–Crippen LogP) is 1.97. The van der Waals surface area contributed by atoms with Gasteiger partial charge in [0.25, 0.3) is 5.91 Å². The number of carbonyl (C=O) groups excluding carboxylic acids is 1. The SMILES string of the molecule is COc1ccc(Cl)cc1C(=O)NCCc1ccc(S(N)(=O)=O)cc1. The number of primary sulfonamides is 1. The first kappa shape index (κ1) is 18.3. The Kier molecular flexibility index (Phi) is 5.82. The van der Waals surface area contributed by atoms with Gasteiger partial charge in [-0.2, -0.15) is 0 Å². The summed E-state index contributed by atoms with van der Waals surface area (Å²) < 4.78 is 27.5. The number of hydrogen-bond donors (Lipinski definition) is 2. The highest BCUT2D eigenvalue weighted by molar-refractivity contribution is 7.89. The van der Waals surface area contributed by atoms with Gasteiger partial charge in [-0.3, -0.25) is 4.79 Å². The molecule has 2 aromatic rings. The Bertz CT molecular complexity index is 836. The summed E-state index contributed by atoms with van der Waals surface area (Å²) in [7, 11) is -2.22. The standard InChI is InChI=1S/C16H17ClN2O4S/c1-23-15-7-4-12(17)10-14(15)16(20)19-9-8-11-2-5-13(6-3-11)24(18,21)22/h2-7,10H,8-9H2,1H3,(H,19,20)(H2,18,21,22). The van der Waals surface area contributed by atoms with E-state index in [0.717, 1.165) is 5.56 Å². The smallest absolute Gasteiger partial charge is 0.255 e. The van der Waals surface area contributed by atoms with E-state index in [1.54, 1.807) is 24.3 Å². The van der Waals surface area contributed by atoms with Gasteiger partial charge in [0.15, 0.2) is 0 Å². The molecule has 1 amide bonds. The molecule has 3 N–H and O–H groups in total. The normalized spacial score (nSPS) is 11.1. The lowest BCUT2D eigenvalue weighted by molar-refractivity contribution is 0.0951. The van der Waals surface area contributed by atoms with Crippen LogP contribution in [0.15, 0.2) is 47.4 Å². The van der Waals surface area contributed by atoms with Crippen molar-refractivity contribution in [2.24, 2.45) is 5.14 Å². The van der Waals surface area contributed by atoms with Gasteiger partial charge in [0.05, 0.1) is 17.6 Å². The molecule has 0 radical (unpaired) electrons. The van der Waals surface area contributed by atoms with Crippen LogP contribution in [0.3, 0.4) is 0 Å². The lowest BCUT2D eigenvalue weighted by Gasteiger charge is -2.10. The molecule has 0 aromatic heterocycles. The van der Waals surface area contributed by atoms with Gasteiger partial charge in [0.2, 0.25) is 10.0 Å². The second kappa shape index (κ2) is 7.65. The number of amides is 1. The Labute approximate surface area is 145 Å². The van der Waals surface area contributed by atoms with Crippen LogP contribution in [-0.4, -0.2) is 28.0 Å². The van der Waals surface area contributed by atoms with Gasteiger partial charge in [-0.05, 0) is 42.3 Å². The number of carbonyl (C=O) groups is 1. The van der Waals surface area contributed by atoms with Crippen molar-refractivity contribution < 1.29 is 17.9 Å². The lowest BCUT2D eigenvalue weighted by atomic mass is 10.1. The van der Waals surface area contributed by atoms with Crippen LogP contribution in [0.1, 0.15) is 15.9 Å². The van der Waals surface area contributed by atoms with Crippen LogP contribution in [0.5, 0.6) is 5.75 Å². The van der Waals surface area contributed by atoms with Crippen LogP contribution in [0.2, 0.25) is 5.02 Å². The third-order valence-corrected chi connectivity index (χ3v) is 4.52. The van der Waals surface area contributed by atoms with E-state index >= 15 is 0 Å². The van der Waals surface area contributed by atoms with Crippen LogP contribution in [0.4, 0.5) is 0 Å². The highest BCUT2D eigenvalue weighted by Crippen LogP contribution is 2.22. The fourth-order valence-electron chi connectivity index (χ4n) is 2.12. The van der Waals surface area contributed by atoms with E-state index in [9.17, 15) is 13.2 Å². The molecule has 0 saturated carbocycles. The predicted molar refractivity (Wildman–Crippen MR) is 91.9 cm³/mol. The Morgan fingerprint density at radius 3 is 2.46 bits per heavy atom. The van der Waals surface area contributed by atoms with E-state index in [1.165, 1.54) is 25.3 Å². The van der Waals surface area contributed by atoms with Crippen molar-refractivity contribution in [2.75, 3.05) is 13.7 Å². The first-order valence-electron chi connectivity index (χ1n) is 7.05. The third-order valence-electron chi connectivity index (χ3n) is 3.36. The maximum absolute atomic E-state index is 12.2. The number of ether oxygens (including phenoxy) is 1. The summed E-state index contributed by atoms with van der Waals surface area (Å²) in [6.07, 6.45) is 0.541. The fraction of sp³-hybridized carbons (Fsp3) is 0.188. The zero-order chi connectivity index (χ0) is 17.7. The molecular weight excluding hydrogens is 352 g/mol. The van der Waals surface area contributed by atoms with Gasteiger partial charge in [0.1, 0.15) is 5.75 Å². The molecule has 0 bridgehead atoms. The van der Waals surface area contributed by atoms with E-state index in [1.807, 2.05) is 0 Å². The van der Waals surface area contributed by atoms with Crippen LogP contribution in [0.25, 0.3) is 0 Å². The van der Waals surface area contributed by atoms with Crippen molar-refractivity contribution >= 4 is 27.5 Å². The van der Waals surface area contributed by atoms with E-state index in [2.05, 4.69) is 5.32 Å². The quantitative estimate of drug-likeness (QED) is 0.814. The molecule has 0 aliphatic carbocycles. The van der Waals surface area contributed by atoms with E-state index in [4.69, 9.17) is 21.5 Å². The van der Waals surface area contributed by atoms with Gasteiger partial charge in [0, 0.05) is 11.6 Å². The second-order valence-electron chi connectivity index (χ2n) is 5.04. The monoisotopic (exact) mass is 368 g/mol. The van der Waals surface area contributed by atoms with Crippen LogP contribution >= 0.6 is 11.6 Å². The molecular formula is C16H17ClN2O4S. The molecule has 0 saturated heterocycles. The average Bonchev–Trinajstić information content (AvgIpc) is 2.54. The molecule has 0 fully saturated rings. The van der Waals surface area contributed by atoms with Crippen molar-refractivity contribution in [1.29, 1.82) is 0 Å². The molecule has 6 nitrogen and oxygen atoms in total. The van der Waals surface area contributed by atoms with Crippen molar-refractivity contribution in [3.8, 4) is 5.75 Å². The van der Waals surface area contributed by atoms with Crippen LogP contribution < -0.4 is 15.2 Å². The third kappa shape index (κ3) is 4.70. The summed E-state index contributed by atoms with van der Waals surface area (Å²) in [6.45, 7) is 0.378. The summed E-state index contributed by atoms with van der Waals surface area (Å²) in [5, 5.41) is 8.26. The molecule has 0 heterocycles. The number of nitrogens with two attached hydrogens (primary N) is 1. The average molecular weight is 369 g/mol. The minimum Gasteiger partial charge on any atom is -0.496 e. The first-order chi connectivity index (χ1) is 11.3. The summed E-state index contributed by atoms with van der Waals surface area (Å²) in [6, 6.07) is 11.0. The zero-order valence-electron chi connectivity index (χ0n) is 13.0. The number of nitrogens with one attached hydrogen (secondary N) is 1. The molecule has 2 aromatic carbocycles. The first-order valence-corrected chi connectivity index (χ1v) is 8.97. The number of hydrogen-bond acceptors (Lipinski definition) is 4. The molecule has 2 rings (SSSR count). The van der Waals surface area contributed by atoms with Crippen LogP contribution in [-0.2, 0) is 16.4 Å². The number of rotatable bonds is 6. The summed E-state index contributed by atoms with van der Waals surface area (Å²) in [4.78, 5) is 12.3. The Morgan fingerprint density at radius 2 is 1.88 bits per heavy atom. The fourth-order valence-corrected chi connectivity index (χ4v) is 2.81. The number of methoxy groups -OCH3 is 1. The van der Waals surface area contributed by atoms with Crippen molar-refractivity contribution in [3.63, 3.8) is 0 Å². The van der Waals surface area contributed by atoms with Crippen molar-refractivity contribution in [1.82, 2.24) is 5.32 Å². The molecule has 8 heteroatoms. The van der Waals surface area contributed by atoms with Gasteiger partial charge in [-0.25, -0.2) is 13.6 Å². The Morgan fingerprint density at radius 1 is 1.21 bits per heavy atom. The summed E-state index contributed by atoms with van der Waals surface area (Å²) in [5.41, 5.74) is 1.23. The molecule has 0 unspecified atom stereocenters. The largest absolute Gasteiger partial charge is 0.496 e. The van der Waals surface area contributed by atoms with Gasteiger partial charge in [-0.1, -0.05) is 23.7 Å². The van der Waals surface area contributed by atoms with Crippen molar-refractivity contribution in [2.45, 2.75) is 11.3 Å². The Hall–Kier alpha value is -2.09. The van der Waals surface area contributed by atoms with Crippen LogP contribution in [0, 0.1) is 0 Å². The van der Waals surface area contributed by atoms with Gasteiger partial charge >= 0.3 is 0 Å². The highest BCUT2D eigenvalue weighted by atomic mass is 35.5. The summed E-state index contributed by atoms with van der Waals surface area (Å²) in [5.74, 6) is 0.143. The molecule has 24 heavy (non-hydrogen) atoms. The molecule has 0 aliphatic rings. The Balaban J connectivity index is 1.97. The number of halogens is 1. The molecule has 128 valence electrons. The molecule has 0 atom stereocenters. The zero-order valence-corrected chi connectivity index (χ0v) is 14.5. The minimum absolute atomic E-state index is 0.0546. The number of benzene rings is 2.